The Morgan fingerprint density at radius 2 is 1.59 bits per heavy atom. The number of hydrogen-bond donors (Lipinski definition) is 0. The van der Waals surface area contributed by atoms with Crippen molar-refractivity contribution in [1.29, 1.82) is 0 Å². The molecule has 0 aromatic heterocycles. The molecule has 1 aromatic carbocycles. The van der Waals surface area contributed by atoms with Crippen LogP contribution in [-0.4, -0.2) is 37.6 Å². The van der Waals surface area contributed by atoms with Crippen molar-refractivity contribution in [3.05, 3.63) is 24.3 Å². The van der Waals surface area contributed by atoms with Gasteiger partial charge in [0.25, 0.3) is 0 Å². The first-order chi connectivity index (χ1) is 10.8. The molecule has 4 nitrogen and oxygen atoms in total. The van der Waals surface area contributed by atoms with Gasteiger partial charge in [0.05, 0.1) is 13.7 Å². The lowest BCUT2D eigenvalue weighted by Gasteiger charge is -2.24. The van der Waals surface area contributed by atoms with Crippen LogP contribution >= 0.6 is 0 Å². The van der Waals surface area contributed by atoms with Crippen molar-refractivity contribution in [2.75, 3.05) is 26.8 Å². The van der Waals surface area contributed by atoms with E-state index in [1.165, 1.54) is 19.3 Å². The van der Waals surface area contributed by atoms with Gasteiger partial charge in [-0.1, -0.05) is 19.3 Å². The Labute approximate surface area is 133 Å². The molecular formula is C18H27NO3. The van der Waals surface area contributed by atoms with Crippen LogP contribution < -0.4 is 9.47 Å². The predicted octanol–water partition coefficient (Wildman–Crippen LogP) is 3.65. The van der Waals surface area contributed by atoms with Crippen LogP contribution in [0.15, 0.2) is 24.3 Å². The summed E-state index contributed by atoms with van der Waals surface area (Å²) in [6, 6.07) is 7.53. The molecule has 22 heavy (non-hydrogen) atoms. The number of rotatable bonds is 6. The number of benzene rings is 1. The van der Waals surface area contributed by atoms with Crippen LogP contribution in [0.3, 0.4) is 0 Å². The Morgan fingerprint density at radius 1 is 1.00 bits per heavy atom. The maximum atomic E-state index is 12.2. The molecule has 0 spiro atoms. The number of ether oxygens (including phenoxy) is 2. The molecule has 1 amide bonds. The zero-order valence-electron chi connectivity index (χ0n) is 13.6. The third kappa shape index (κ3) is 5.58. The molecule has 1 aliphatic rings. The van der Waals surface area contributed by atoms with Gasteiger partial charge < -0.3 is 14.4 Å². The maximum absolute atomic E-state index is 12.2. The van der Waals surface area contributed by atoms with Crippen molar-refractivity contribution in [3.63, 3.8) is 0 Å². The van der Waals surface area contributed by atoms with Gasteiger partial charge in [-0.25, -0.2) is 0 Å². The normalized spacial score (nSPS) is 15.8. The van der Waals surface area contributed by atoms with Gasteiger partial charge in [0.1, 0.15) is 11.5 Å². The summed E-state index contributed by atoms with van der Waals surface area (Å²) in [4.78, 5) is 14.2. The standard InChI is InChI=1S/C18H27NO3/c1-21-16-9-11-17(12-10-16)22-15-7-8-18(20)19-13-5-3-2-4-6-14-19/h9-12H,2-8,13-15H2,1H3. The fraction of sp³-hybridized carbons (Fsp3) is 0.611. The molecule has 1 aromatic rings. The van der Waals surface area contributed by atoms with Crippen molar-refractivity contribution in [2.24, 2.45) is 0 Å². The fourth-order valence-corrected chi connectivity index (χ4v) is 2.74. The van der Waals surface area contributed by atoms with Gasteiger partial charge in [-0.3, -0.25) is 4.79 Å². The highest BCUT2D eigenvalue weighted by Crippen LogP contribution is 2.17. The van der Waals surface area contributed by atoms with Crippen LogP contribution in [0.4, 0.5) is 0 Å². The molecule has 0 bridgehead atoms. The second-order valence-corrected chi connectivity index (χ2v) is 5.78. The Balaban J connectivity index is 1.65. The monoisotopic (exact) mass is 305 g/mol. The van der Waals surface area contributed by atoms with E-state index in [2.05, 4.69) is 0 Å². The molecule has 1 saturated heterocycles. The van der Waals surface area contributed by atoms with E-state index in [9.17, 15) is 4.79 Å². The van der Waals surface area contributed by atoms with Crippen molar-refractivity contribution >= 4 is 5.91 Å². The molecule has 1 heterocycles. The van der Waals surface area contributed by atoms with Crippen molar-refractivity contribution < 1.29 is 14.3 Å². The highest BCUT2D eigenvalue weighted by molar-refractivity contribution is 5.76. The highest BCUT2D eigenvalue weighted by Gasteiger charge is 2.14. The van der Waals surface area contributed by atoms with E-state index in [0.29, 0.717) is 13.0 Å². The molecule has 1 fully saturated rings. The number of carbonyl (C=O) groups is 1. The van der Waals surface area contributed by atoms with Gasteiger partial charge in [-0.2, -0.15) is 0 Å². The summed E-state index contributed by atoms with van der Waals surface area (Å²) in [6.07, 6.45) is 7.46. The summed E-state index contributed by atoms with van der Waals surface area (Å²) in [5, 5.41) is 0. The minimum atomic E-state index is 0.278. The molecule has 0 unspecified atom stereocenters. The van der Waals surface area contributed by atoms with Crippen LogP contribution in [-0.2, 0) is 4.79 Å². The first-order valence-electron chi connectivity index (χ1n) is 8.34. The summed E-state index contributed by atoms with van der Waals surface area (Å²) in [7, 11) is 1.65. The molecule has 0 aliphatic carbocycles. The van der Waals surface area contributed by atoms with Crippen LogP contribution in [0.1, 0.15) is 44.9 Å². The van der Waals surface area contributed by atoms with Gasteiger partial charge in [-0.05, 0) is 43.5 Å². The molecule has 0 N–H and O–H groups in total. The van der Waals surface area contributed by atoms with E-state index in [1.54, 1.807) is 7.11 Å². The number of hydrogen-bond acceptors (Lipinski definition) is 3. The molecule has 0 atom stereocenters. The predicted molar refractivity (Wildman–Crippen MR) is 87.4 cm³/mol. The topological polar surface area (TPSA) is 38.8 Å². The van der Waals surface area contributed by atoms with Crippen LogP contribution in [0, 0.1) is 0 Å². The molecule has 0 radical (unpaired) electrons. The molecular weight excluding hydrogens is 278 g/mol. The smallest absolute Gasteiger partial charge is 0.222 e. The average Bonchev–Trinajstić information content (AvgIpc) is 2.51. The summed E-state index contributed by atoms with van der Waals surface area (Å²) in [5.74, 6) is 1.92. The minimum absolute atomic E-state index is 0.278. The summed E-state index contributed by atoms with van der Waals surface area (Å²) in [6.45, 7) is 2.43. The molecule has 0 saturated carbocycles. The Bertz CT molecular complexity index is 436. The van der Waals surface area contributed by atoms with Crippen molar-refractivity contribution in [2.45, 2.75) is 44.9 Å². The Kier molecular flexibility index (Phi) is 7.07. The van der Waals surface area contributed by atoms with Gasteiger partial charge >= 0.3 is 0 Å². The van der Waals surface area contributed by atoms with Gasteiger partial charge in [0, 0.05) is 19.5 Å². The number of methoxy groups -OCH3 is 1. The quantitative estimate of drug-likeness (QED) is 0.753. The Morgan fingerprint density at radius 3 is 2.23 bits per heavy atom. The van der Waals surface area contributed by atoms with E-state index in [-0.39, 0.29) is 5.91 Å². The first-order valence-corrected chi connectivity index (χ1v) is 8.34. The first kappa shape index (κ1) is 16.7. The van der Waals surface area contributed by atoms with Gasteiger partial charge in [0.2, 0.25) is 5.91 Å². The zero-order valence-corrected chi connectivity index (χ0v) is 13.6. The van der Waals surface area contributed by atoms with E-state index in [4.69, 9.17) is 9.47 Å². The summed E-state index contributed by atoms with van der Waals surface area (Å²) in [5.41, 5.74) is 0. The third-order valence-electron chi connectivity index (χ3n) is 4.07. The molecule has 4 heteroatoms. The van der Waals surface area contributed by atoms with Gasteiger partial charge in [-0.15, -0.1) is 0 Å². The van der Waals surface area contributed by atoms with E-state index < -0.39 is 0 Å². The fourth-order valence-electron chi connectivity index (χ4n) is 2.74. The van der Waals surface area contributed by atoms with Gasteiger partial charge in [0.15, 0.2) is 0 Å². The van der Waals surface area contributed by atoms with Crippen LogP contribution in [0.2, 0.25) is 0 Å². The van der Waals surface area contributed by atoms with E-state index in [0.717, 1.165) is 43.9 Å². The van der Waals surface area contributed by atoms with E-state index in [1.807, 2.05) is 29.2 Å². The van der Waals surface area contributed by atoms with Crippen LogP contribution in [0.5, 0.6) is 11.5 Å². The SMILES string of the molecule is COc1ccc(OCCCC(=O)N2CCCCCCC2)cc1. The lowest BCUT2D eigenvalue weighted by atomic mass is 10.1. The third-order valence-corrected chi connectivity index (χ3v) is 4.07. The molecule has 1 aliphatic heterocycles. The lowest BCUT2D eigenvalue weighted by Crippen LogP contribution is -2.33. The van der Waals surface area contributed by atoms with Crippen LogP contribution in [0.25, 0.3) is 0 Å². The van der Waals surface area contributed by atoms with Crippen molar-refractivity contribution in [3.8, 4) is 11.5 Å². The summed E-state index contributed by atoms with van der Waals surface area (Å²) < 4.78 is 10.8. The number of carbonyl (C=O) groups excluding carboxylic acids is 1. The highest BCUT2D eigenvalue weighted by atomic mass is 16.5. The Hall–Kier alpha value is -1.71. The zero-order chi connectivity index (χ0) is 15.6. The molecule has 2 rings (SSSR count). The number of likely N-dealkylation sites (tertiary alicyclic amines) is 1. The minimum Gasteiger partial charge on any atom is -0.497 e. The number of nitrogens with zero attached hydrogens (tertiary/aromatic N) is 1. The second kappa shape index (κ2) is 9.34. The lowest BCUT2D eigenvalue weighted by molar-refractivity contribution is -0.131. The second-order valence-electron chi connectivity index (χ2n) is 5.78. The summed E-state index contributed by atoms with van der Waals surface area (Å²) >= 11 is 0. The van der Waals surface area contributed by atoms with E-state index >= 15 is 0 Å². The largest absolute Gasteiger partial charge is 0.497 e. The number of amides is 1. The average molecular weight is 305 g/mol. The van der Waals surface area contributed by atoms with Crippen molar-refractivity contribution in [1.82, 2.24) is 4.90 Å². The molecule has 122 valence electrons. The maximum Gasteiger partial charge on any atom is 0.222 e.